The first-order valence-electron chi connectivity index (χ1n) is 8.51. The van der Waals surface area contributed by atoms with Gasteiger partial charge in [0.2, 0.25) is 0 Å². The van der Waals surface area contributed by atoms with Gasteiger partial charge in [0.25, 0.3) is 0 Å². The number of hydrogen-bond acceptors (Lipinski definition) is 4. The number of aldehydes is 1. The predicted octanol–water partition coefficient (Wildman–Crippen LogP) is 2.88. The molecule has 2 aliphatic rings. The van der Waals surface area contributed by atoms with Gasteiger partial charge in [0.15, 0.2) is 12.0 Å². The summed E-state index contributed by atoms with van der Waals surface area (Å²) in [5, 5.41) is 0.927. The molecule has 1 aliphatic carbocycles. The van der Waals surface area contributed by atoms with Crippen LogP contribution in [-0.4, -0.2) is 41.8 Å². The summed E-state index contributed by atoms with van der Waals surface area (Å²) in [5.41, 5.74) is 0. The van der Waals surface area contributed by atoms with Gasteiger partial charge in [-0.15, -0.1) is 0 Å². The van der Waals surface area contributed by atoms with Crippen molar-refractivity contribution in [2.75, 3.05) is 17.3 Å². The van der Waals surface area contributed by atoms with Crippen LogP contribution in [0.2, 0.25) is 0 Å². The SMILES string of the molecule is CCCCS(=O)(=O)[O-].O=CC[S+]1CCCCC1C1CCCC1. The second-order valence-electron chi connectivity index (χ2n) is 6.27. The zero-order valence-corrected chi connectivity index (χ0v) is 15.3. The lowest BCUT2D eigenvalue weighted by Crippen LogP contribution is -2.36. The van der Waals surface area contributed by atoms with Crippen LogP contribution in [-0.2, 0) is 25.8 Å². The van der Waals surface area contributed by atoms with Gasteiger partial charge in [-0.2, -0.15) is 0 Å². The van der Waals surface area contributed by atoms with Crippen LogP contribution in [0.3, 0.4) is 0 Å². The van der Waals surface area contributed by atoms with E-state index in [1.807, 2.05) is 6.92 Å². The number of hydrogen-bond donors (Lipinski definition) is 0. The Balaban J connectivity index is 0.000000261. The molecule has 0 bridgehead atoms. The molecule has 2 unspecified atom stereocenters. The molecule has 130 valence electrons. The van der Waals surface area contributed by atoms with Crippen molar-refractivity contribution in [1.82, 2.24) is 0 Å². The highest BCUT2D eigenvalue weighted by molar-refractivity contribution is 7.98. The molecular weight excluding hydrogens is 320 g/mol. The van der Waals surface area contributed by atoms with Gasteiger partial charge in [-0.1, -0.05) is 26.2 Å². The molecule has 0 amide bonds. The third-order valence-electron chi connectivity index (χ3n) is 4.53. The van der Waals surface area contributed by atoms with Crippen LogP contribution in [0.4, 0.5) is 0 Å². The highest BCUT2D eigenvalue weighted by Crippen LogP contribution is 2.36. The highest BCUT2D eigenvalue weighted by Gasteiger charge is 2.39. The van der Waals surface area contributed by atoms with E-state index in [1.54, 1.807) is 0 Å². The minimum atomic E-state index is -3.94. The van der Waals surface area contributed by atoms with E-state index in [0.717, 1.165) is 29.6 Å². The summed E-state index contributed by atoms with van der Waals surface area (Å²) in [7, 11) is -3.48. The van der Waals surface area contributed by atoms with Crippen molar-refractivity contribution in [2.45, 2.75) is 70.0 Å². The van der Waals surface area contributed by atoms with E-state index in [1.165, 1.54) is 50.7 Å². The fourth-order valence-electron chi connectivity index (χ4n) is 3.40. The Hall–Kier alpha value is -0.0700. The number of unbranched alkanes of at least 4 members (excludes halogenated alkanes) is 1. The zero-order chi connectivity index (χ0) is 16.4. The molecular formula is C16H30O4S2. The molecule has 1 heterocycles. The Morgan fingerprint density at radius 1 is 1.14 bits per heavy atom. The quantitative estimate of drug-likeness (QED) is 0.419. The van der Waals surface area contributed by atoms with Crippen molar-refractivity contribution in [3.05, 3.63) is 0 Å². The summed E-state index contributed by atoms with van der Waals surface area (Å²) >= 11 is 0. The van der Waals surface area contributed by atoms with Gasteiger partial charge in [0.1, 0.15) is 11.0 Å². The normalized spacial score (nSPS) is 26.3. The predicted molar refractivity (Wildman–Crippen MR) is 92.2 cm³/mol. The highest BCUT2D eigenvalue weighted by atomic mass is 32.2. The molecule has 2 atom stereocenters. The molecule has 0 aromatic carbocycles. The minimum Gasteiger partial charge on any atom is -0.748 e. The van der Waals surface area contributed by atoms with E-state index in [2.05, 4.69) is 0 Å². The van der Waals surface area contributed by atoms with Crippen LogP contribution in [0.1, 0.15) is 64.7 Å². The van der Waals surface area contributed by atoms with Crippen LogP contribution < -0.4 is 0 Å². The molecule has 0 radical (unpaired) electrons. The van der Waals surface area contributed by atoms with E-state index < -0.39 is 10.1 Å². The van der Waals surface area contributed by atoms with Crippen molar-refractivity contribution in [3.63, 3.8) is 0 Å². The molecule has 4 nitrogen and oxygen atoms in total. The summed E-state index contributed by atoms with van der Waals surface area (Å²) in [6.07, 6.45) is 12.4. The van der Waals surface area contributed by atoms with Crippen LogP contribution in [0.25, 0.3) is 0 Å². The molecule has 2 rings (SSSR count). The van der Waals surface area contributed by atoms with E-state index in [0.29, 0.717) is 17.3 Å². The molecule has 1 aliphatic heterocycles. The van der Waals surface area contributed by atoms with Crippen molar-refractivity contribution >= 4 is 27.3 Å². The van der Waals surface area contributed by atoms with Gasteiger partial charge >= 0.3 is 0 Å². The molecule has 0 N–H and O–H groups in total. The fraction of sp³-hybridized carbons (Fsp3) is 0.938. The Bertz CT molecular complexity index is 402. The second-order valence-corrected chi connectivity index (χ2v) is 10.2. The monoisotopic (exact) mass is 350 g/mol. The van der Waals surface area contributed by atoms with Crippen molar-refractivity contribution in [2.24, 2.45) is 5.92 Å². The Morgan fingerprint density at radius 3 is 2.27 bits per heavy atom. The van der Waals surface area contributed by atoms with E-state index in [4.69, 9.17) is 0 Å². The Labute approximate surface area is 138 Å². The maximum Gasteiger partial charge on any atom is 0.169 e. The Morgan fingerprint density at radius 2 is 1.77 bits per heavy atom. The lowest BCUT2D eigenvalue weighted by atomic mass is 9.99. The van der Waals surface area contributed by atoms with Gasteiger partial charge in [0, 0.05) is 11.7 Å². The van der Waals surface area contributed by atoms with Crippen LogP contribution >= 0.6 is 0 Å². The summed E-state index contributed by atoms with van der Waals surface area (Å²) in [4.78, 5) is 10.6. The van der Waals surface area contributed by atoms with Gasteiger partial charge in [0.05, 0.1) is 10.1 Å². The summed E-state index contributed by atoms with van der Waals surface area (Å²) in [5.74, 6) is 2.98. The topological polar surface area (TPSA) is 74.3 Å². The first-order chi connectivity index (χ1) is 10.5. The molecule has 0 spiro atoms. The summed E-state index contributed by atoms with van der Waals surface area (Å²) in [6, 6.07) is 0. The summed E-state index contributed by atoms with van der Waals surface area (Å²) < 4.78 is 29.5. The molecule has 0 aromatic rings. The average molecular weight is 351 g/mol. The van der Waals surface area contributed by atoms with Crippen molar-refractivity contribution in [1.29, 1.82) is 0 Å². The van der Waals surface area contributed by atoms with E-state index >= 15 is 0 Å². The number of carbonyl (C=O) groups excluding carboxylic acids is 1. The zero-order valence-electron chi connectivity index (χ0n) is 13.7. The van der Waals surface area contributed by atoms with E-state index in [9.17, 15) is 17.8 Å². The van der Waals surface area contributed by atoms with Crippen molar-refractivity contribution in [3.8, 4) is 0 Å². The van der Waals surface area contributed by atoms with E-state index in [-0.39, 0.29) is 5.75 Å². The first-order valence-corrected chi connectivity index (χ1v) is 11.7. The first kappa shape index (κ1) is 20.0. The lowest BCUT2D eigenvalue weighted by Gasteiger charge is -2.27. The third kappa shape index (κ3) is 7.97. The molecule has 0 aromatic heterocycles. The Kier molecular flexibility index (Phi) is 9.68. The molecule has 1 saturated carbocycles. The van der Waals surface area contributed by atoms with Crippen molar-refractivity contribution < 1.29 is 17.8 Å². The van der Waals surface area contributed by atoms with Gasteiger partial charge < -0.3 is 4.55 Å². The smallest absolute Gasteiger partial charge is 0.169 e. The molecule has 22 heavy (non-hydrogen) atoms. The largest absolute Gasteiger partial charge is 0.748 e. The van der Waals surface area contributed by atoms with Gasteiger partial charge in [-0.25, -0.2) is 8.42 Å². The van der Waals surface area contributed by atoms with Gasteiger partial charge in [-0.05, 0) is 49.4 Å². The molecule has 1 saturated heterocycles. The fourth-order valence-corrected chi connectivity index (χ4v) is 6.83. The standard InChI is InChI=1S/C12H21OS.C4H10O3S/c13-8-10-14-9-4-3-7-12(14)11-5-1-2-6-11;1-2-3-4-8(5,6)7/h8,11-12H,1-7,9-10H2;2-4H2,1H3,(H,5,6,7)/q+1;/p-1. The second kappa shape index (κ2) is 10.7. The van der Waals surface area contributed by atoms with Gasteiger partial charge in [-0.3, -0.25) is 4.79 Å². The molecule has 2 fully saturated rings. The number of rotatable bonds is 6. The maximum absolute atomic E-state index is 10.6. The lowest BCUT2D eigenvalue weighted by molar-refractivity contribution is -0.105. The summed E-state index contributed by atoms with van der Waals surface area (Å²) in [6.45, 7) is 1.84. The number of carbonyl (C=O) groups is 1. The van der Waals surface area contributed by atoms with Crippen LogP contribution in [0.5, 0.6) is 0 Å². The molecule has 6 heteroatoms. The average Bonchev–Trinajstić information content (AvgIpc) is 3.00. The maximum atomic E-state index is 10.6. The van der Waals surface area contributed by atoms with Crippen LogP contribution in [0, 0.1) is 5.92 Å². The van der Waals surface area contributed by atoms with Crippen LogP contribution in [0.15, 0.2) is 0 Å². The minimum absolute atomic E-state index is 0.219. The third-order valence-corrected chi connectivity index (χ3v) is 8.17.